The fourth-order valence-corrected chi connectivity index (χ4v) is 2.48. The van der Waals surface area contributed by atoms with E-state index in [2.05, 4.69) is 19.2 Å². The maximum Gasteiger partial charge on any atom is 0.0301 e. The smallest absolute Gasteiger partial charge is 0.0301 e. The Balaban J connectivity index is 2.44. The van der Waals surface area contributed by atoms with E-state index in [1.54, 1.807) is 0 Å². The van der Waals surface area contributed by atoms with Gasteiger partial charge in [0.2, 0.25) is 0 Å². The first-order valence-electron chi connectivity index (χ1n) is 6.24. The van der Waals surface area contributed by atoms with Crippen LogP contribution in [0.1, 0.15) is 58.8 Å². The van der Waals surface area contributed by atoms with Gasteiger partial charge in [-0.1, -0.05) is 33.1 Å². The van der Waals surface area contributed by atoms with Crippen LogP contribution in [-0.4, -0.2) is 18.1 Å². The summed E-state index contributed by atoms with van der Waals surface area (Å²) in [6, 6.07) is 0.729. The van der Waals surface area contributed by atoms with Crippen molar-refractivity contribution < 1.29 is 0 Å². The molecule has 2 heteroatoms. The van der Waals surface area contributed by atoms with Crippen molar-refractivity contribution in [3.05, 3.63) is 0 Å². The lowest BCUT2D eigenvalue weighted by atomic mass is 9.88. The molecule has 1 aliphatic carbocycles. The molecule has 0 aliphatic heterocycles. The molecule has 0 radical (unpaired) electrons. The molecule has 1 rings (SSSR count). The van der Waals surface area contributed by atoms with Crippen molar-refractivity contribution >= 4 is 0 Å². The summed E-state index contributed by atoms with van der Waals surface area (Å²) in [7, 11) is 0. The van der Waals surface area contributed by atoms with Gasteiger partial charge in [0, 0.05) is 18.1 Å². The summed E-state index contributed by atoms with van der Waals surface area (Å²) in [6.07, 6.45) is 9.21. The molecule has 0 aromatic heterocycles. The number of nitrogens with one attached hydrogen (secondary N) is 1. The lowest BCUT2D eigenvalue weighted by Gasteiger charge is -2.37. The van der Waals surface area contributed by atoms with E-state index in [1.807, 2.05) is 0 Å². The second-order valence-electron chi connectivity index (χ2n) is 4.67. The van der Waals surface area contributed by atoms with E-state index >= 15 is 0 Å². The highest BCUT2D eigenvalue weighted by Crippen LogP contribution is 2.22. The van der Waals surface area contributed by atoms with Crippen molar-refractivity contribution in [2.24, 2.45) is 5.73 Å². The van der Waals surface area contributed by atoms with Crippen molar-refractivity contribution in [2.45, 2.75) is 70.4 Å². The van der Waals surface area contributed by atoms with Crippen LogP contribution in [0, 0.1) is 0 Å². The zero-order valence-corrected chi connectivity index (χ0v) is 9.81. The molecule has 1 saturated carbocycles. The van der Waals surface area contributed by atoms with E-state index in [1.165, 1.54) is 32.1 Å². The van der Waals surface area contributed by atoms with Gasteiger partial charge in [-0.3, -0.25) is 0 Å². The molecule has 0 aromatic rings. The first kappa shape index (κ1) is 12.0. The van der Waals surface area contributed by atoms with Gasteiger partial charge in [0.25, 0.3) is 0 Å². The van der Waals surface area contributed by atoms with Gasteiger partial charge in [0.05, 0.1) is 0 Å². The van der Waals surface area contributed by atoms with E-state index in [-0.39, 0.29) is 5.54 Å². The third-order valence-corrected chi connectivity index (χ3v) is 3.86. The Bertz CT molecular complexity index is 138. The van der Waals surface area contributed by atoms with E-state index in [0.29, 0.717) is 0 Å². The molecule has 0 saturated heterocycles. The number of hydrogen-bond donors (Lipinski definition) is 2. The van der Waals surface area contributed by atoms with Gasteiger partial charge in [-0.15, -0.1) is 0 Å². The van der Waals surface area contributed by atoms with Crippen LogP contribution < -0.4 is 11.1 Å². The highest BCUT2D eigenvalue weighted by molar-refractivity contribution is 4.90. The minimum atomic E-state index is 0.210. The summed E-state index contributed by atoms with van der Waals surface area (Å²) in [4.78, 5) is 0. The Morgan fingerprint density at radius 1 is 1.14 bits per heavy atom. The van der Waals surface area contributed by atoms with Crippen LogP contribution in [0.5, 0.6) is 0 Å². The summed E-state index contributed by atoms with van der Waals surface area (Å²) in [6.45, 7) is 5.26. The topological polar surface area (TPSA) is 38.0 Å². The summed E-state index contributed by atoms with van der Waals surface area (Å²) in [5.74, 6) is 0. The first-order valence-corrected chi connectivity index (χ1v) is 6.24. The Kier molecular flexibility index (Phi) is 4.90. The SMILES string of the molecule is CCC(CC)(CN)NC1CCCCC1. The lowest BCUT2D eigenvalue weighted by molar-refractivity contribution is 0.237. The summed E-state index contributed by atoms with van der Waals surface area (Å²) < 4.78 is 0. The van der Waals surface area contributed by atoms with Crippen LogP contribution in [-0.2, 0) is 0 Å². The fraction of sp³-hybridized carbons (Fsp3) is 1.00. The van der Waals surface area contributed by atoms with Gasteiger partial charge in [-0.2, -0.15) is 0 Å². The van der Waals surface area contributed by atoms with Gasteiger partial charge in [0.1, 0.15) is 0 Å². The standard InChI is InChI=1S/C12H26N2/c1-3-12(4-2,10-13)14-11-8-6-5-7-9-11/h11,14H,3-10,13H2,1-2H3. The highest BCUT2D eigenvalue weighted by Gasteiger charge is 2.27. The molecule has 3 N–H and O–H groups in total. The van der Waals surface area contributed by atoms with Gasteiger partial charge in [0.15, 0.2) is 0 Å². The van der Waals surface area contributed by atoms with Crippen LogP contribution in [0.3, 0.4) is 0 Å². The predicted octanol–water partition coefficient (Wildman–Crippen LogP) is 2.43. The average molecular weight is 198 g/mol. The molecule has 0 unspecified atom stereocenters. The molecule has 14 heavy (non-hydrogen) atoms. The summed E-state index contributed by atoms with van der Waals surface area (Å²) in [5.41, 5.74) is 6.09. The lowest BCUT2D eigenvalue weighted by Crippen LogP contribution is -2.54. The van der Waals surface area contributed by atoms with Gasteiger partial charge >= 0.3 is 0 Å². The van der Waals surface area contributed by atoms with Crippen molar-refractivity contribution in [2.75, 3.05) is 6.54 Å². The van der Waals surface area contributed by atoms with Crippen molar-refractivity contribution in [3.63, 3.8) is 0 Å². The Hall–Kier alpha value is -0.0800. The molecule has 0 bridgehead atoms. The average Bonchev–Trinajstić information content (AvgIpc) is 2.28. The molecule has 1 aliphatic rings. The highest BCUT2D eigenvalue weighted by atomic mass is 15.0. The maximum absolute atomic E-state index is 5.88. The van der Waals surface area contributed by atoms with Gasteiger partial charge in [-0.25, -0.2) is 0 Å². The maximum atomic E-state index is 5.88. The molecule has 0 heterocycles. The van der Waals surface area contributed by atoms with E-state index in [4.69, 9.17) is 5.73 Å². The molecule has 0 atom stereocenters. The molecule has 84 valence electrons. The molecule has 1 fully saturated rings. The van der Waals surface area contributed by atoms with Gasteiger partial charge in [-0.05, 0) is 25.7 Å². The van der Waals surface area contributed by atoms with Crippen molar-refractivity contribution in [3.8, 4) is 0 Å². The second kappa shape index (κ2) is 5.72. The van der Waals surface area contributed by atoms with E-state index in [9.17, 15) is 0 Å². The van der Waals surface area contributed by atoms with Crippen LogP contribution >= 0.6 is 0 Å². The zero-order chi connectivity index (χ0) is 10.4. The molecule has 2 nitrogen and oxygen atoms in total. The predicted molar refractivity (Wildman–Crippen MR) is 62.4 cm³/mol. The second-order valence-corrected chi connectivity index (χ2v) is 4.67. The quantitative estimate of drug-likeness (QED) is 0.712. The summed E-state index contributed by atoms with van der Waals surface area (Å²) >= 11 is 0. The third-order valence-electron chi connectivity index (χ3n) is 3.86. The molecule has 0 amide bonds. The number of hydrogen-bond acceptors (Lipinski definition) is 2. The minimum absolute atomic E-state index is 0.210. The number of rotatable bonds is 5. The largest absolute Gasteiger partial charge is 0.329 e. The van der Waals surface area contributed by atoms with Crippen LogP contribution in [0.4, 0.5) is 0 Å². The fourth-order valence-electron chi connectivity index (χ4n) is 2.48. The number of nitrogens with two attached hydrogens (primary N) is 1. The first-order chi connectivity index (χ1) is 6.76. The monoisotopic (exact) mass is 198 g/mol. The zero-order valence-electron chi connectivity index (χ0n) is 9.81. The Morgan fingerprint density at radius 3 is 2.14 bits per heavy atom. The molecule has 0 spiro atoms. The Labute approximate surface area is 88.6 Å². The normalized spacial score (nSPS) is 19.9. The van der Waals surface area contributed by atoms with E-state index in [0.717, 1.165) is 25.4 Å². The van der Waals surface area contributed by atoms with Crippen LogP contribution in [0.15, 0.2) is 0 Å². The minimum Gasteiger partial charge on any atom is -0.329 e. The summed E-state index contributed by atoms with van der Waals surface area (Å²) in [5, 5.41) is 3.79. The van der Waals surface area contributed by atoms with Crippen molar-refractivity contribution in [1.29, 1.82) is 0 Å². The van der Waals surface area contributed by atoms with Crippen molar-refractivity contribution in [1.82, 2.24) is 5.32 Å². The third kappa shape index (κ3) is 2.96. The van der Waals surface area contributed by atoms with Crippen LogP contribution in [0.25, 0.3) is 0 Å². The van der Waals surface area contributed by atoms with Gasteiger partial charge < -0.3 is 11.1 Å². The molecule has 0 aromatic carbocycles. The van der Waals surface area contributed by atoms with Crippen LogP contribution in [0.2, 0.25) is 0 Å². The molecular formula is C12H26N2. The molecular weight excluding hydrogens is 172 g/mol. The Morgan fingerprint density at radius 2 is 1.71 bits per heavy atom. The van der Waals surface area contributed by atoms with E-state index < -0.39 is 0 Å².